The molecule has 0 radical (unpaired) electrons. The van der Waals surface area contributed by atoms with Gasteiger partial charge in [0, 0.05) is 12.0 Å². The van der Waals surface area contributed by atoms with E-state index in [9.17, 15) is 97.0 Å². The molecule has 0 atom stereocenters. The highest BCUT2D eigenvalue weighted by molar-refractivity contribution is 5.86. The third kappa shape index (κ3) is 6.17. The summed E-state index contributed by atoms with van der Waals surface area (Å²) in [6, 6.07) is 3.42. The maximum atomic E-state index is 14.1. The fourth-order valence-corrected chi connectivity index (χ4v) is 3.12. The van der Waals surface area contributed by atoms with Crippen LogP contribution < -0.4 is 0 Å². The van der Waals surface area contributed by atoms with Gasteiger partial charge in [0.1, 0.15) is 6.61 Å². The van der Waals surface area contributed by atoms with E-state index in [4.69, 9.17) is 0 Å². The monoisotopic (exact) mass is 722 g/mol. The molecule has 2 nitrogen and oxygen atoms in total. The van der Waals surface area contributed by atoms with Crippen LogP contribution in [0.2, 0.25) is 0 Å². The largest absolute Gasteiger partial charge is 0.460 e. The van der Waals surface area contributed by atoms with Crippen LogP contribution in [0.15, 0.2) is 36.4 Å². The molecule has 1 rings (SSSR count). The number of alkyl halides is 21. The van der Waals surface area contributed by atoms with Crippen molar-refractivity contribution in [1.29, 1.82) is 0 Å². The summed E-state index contributed by atoms with van der Waals surface area (Å²) in [5.41, 5.74) is -0.539. The second-order valence-corrected chi connectivity index (χ2v) is 9.47. The summed E-state index contributed by atoms with van der Waals surface area (Å²) in [5, 5.41) is 0. The number of aryl methyl sites for hydroxylation is 1. The summed E-state index contributed by atoms with van der Waals surface area (Å²) < 4.78 is 287. The molecule has 0 aliphatic carbocycles. The van der Waals surface area contributed by atoms with E-state index in [2.05, 4.69) is 11.3 Å². The average Bonchev–Trinajstić information content (AvgIpc) is 2.89. The number of halogens is 21. The fourth-order valence-electron chi connectivity index (χ4n) is 3.12. The first-order valence-corrected chi connectivity index (χ1v) is 11.4. The minimum Gasteiger partial charge on any atom is -0.457 e. The van der Waals surface area contributed by atoms with E-state index in [1.807, 2.05) is 0 Å². The number of carbonyl (C=O) groups excluding carboxylic acids is 1. The lowest BCUT2D eigenvalue weighted by atomic mass is 9.85. The van der Waals surface area contributed by atoms with Crippen LogP contribution in [-0.4, -0.2) is 65.4 Å². The van der Waals surface area contributed by atoms with E-state index in [0.717, 1.165) is 24.3 Å². The van der Waals surface area contributed by atoms with Crippen molar-refractivity contribution < 1.29 is 102 Å². The number of ether oxygens (including phenoxy) is 1. The Morgan fingerprint density at radius 2 is 0.848 bits per heavy atom. The molecule has 1 aromatic rings. The highest BCUT2D eigenvalue weighted by Crippen LogP contribution is 2.66. The molecule has 0 heterocycles. The van der Waals surface area contributed by atoms with Gasteiger partial charge in [-0.1, -0.05) is 30.8 Å². The van der Waals surface area contributed by atoms with Gasteiger partial charge in [-0.05, 0) is 24.5 Å². The highest BCUT2D eigenvalue weighted by atomic mass is 19.4. The van der Waals surface area contributed by atoms with E-state index >= 15 is 0 Å². The van der Waals surface area contributed by atoms with Crippen molar-refractivity contribution in [2.24, 2.45) is 0 Å². The lowest BCUT2D eigenvalue weighted by molar-refractivity contribution is -0.474. The molecular weight excluding hydrogens is 707 g/mol. The van der Waals surface area contributed by atoms with E-state index in [1.54, 1.807) is 0 Å². The Balaban J connectivity index is 3.43. The molecule has 23 heteroatoms. The summed E-state index contributed by atoms with van der Waals surface area (Å²) in [5.74, 6) is -78.0. The number of benzene rings is 1. The Bertz CT molecular complexity index is 1260. The molecule has 0 N–H and O–H groups in total. The molecule has 266 valence electrons. The van der Waals surface area contributed by atoms with Crippen molar-refractivity contribution in [3.8, 4) is 0 Å². The van der Waals surface area contributed by atoms with E-state index in [0.29, 0.717) is 0 Å². The van der Waals surface area contributed by atoms with Crippen molar-refractivity contribution >= 4 is 5.97 Å². The number of hydrogen-bond donors (Lipinski definition) is 0. The third-order valence-corrected chi connectivity index (χ3v) is 6.04. The summed E-state index contributed by atoms with van der Waals surface area (Å²) >= 11 is 0. The SMILES string of the molecule is C=C(C)C(=O)OCc1ccc(CCC(F)(F)C(F)(F)C(F)(F)C(F)(F)C(F)(F)C(F)(F)C(F)(F)C(F)(F)C(F)(F)C(F)(F)F)cc1. The number of rotatable bonds is 14. The van der Waals surface area contributed by atoms with E-state index < -0.39 is 90.5 Å². The lowest BCUT2D eigenvalue weighted by Crippen LogP contribution is -2.76. The maximum absolute atomic E-state index is 14.1. The van der Waals surface area contributed by atoms with Gasteiger partial charge < -0.3 is 4.74 Å². The maximum Gasteiger partial charge on any atom is 0.460 e. The molecule has 46 heavy (non-hydrogen) atoms. The van der Waals surface area contributed by atoms with Gasteiger partial charge in [-0.3, -0.25) is 0 Å². The van der Waals surface area contributed by atoms with Crippen molar-refractivity contribution in [3.63, 3.8) is 0 Å². The minimum absolute atomic E-state index is 0.0696. The summed E-state index contributed by atoms with van der Waals surface area (Å²) in [4.78, 5) is 11.3. The predicted octanol–water partition coefficient (Wildman–Crippen LogP) is 9.52. The van der Waals surface area contributed by atoms with Gasteiger partial charge in [0.2, 0.25) is 0 Å². The van der Waals surface area contributed by atoms with Gasteiger partial charge in [-0.2, -0.15) is 92.2 Å². The van der Waals surface area contributed by atoms with Crippen molar-refractivity contribution in [2.45, 2.75) is 85.9 Å². The van der Waals surface area contributed by atoms with Crippen LogP contribution in [0.5, 0.6) is 0 Å². The first kappa shape index (κ1) is 41.0. The fraction of sp³-hybridized carbons (Fsp3) is 0.609. The summed E-state index contributed by atoms with van der Waals surface area (Å²) in [6.07, 6.45) is -12.3. The van der Waals surface area contributed by atoms with Gasteiger partial charge >= 0.3 is 65.4 Å². The summed E-state index contributed by atoms with van der Waals surface area (Å²) in [6.45, 7) is 3.97. The topological polar surface area (TPSA) is 26.3 Å². The standard InChI is InChI=1S/C23H15F21O2/c1-10(2)13(45)46-9-12-5-3-11(4-6-12)7-8-14(24,25)15(26,27)16(28,29)17(30,31)18(32,33)19(34,35)20(36,37)21(38,39)22(40,41)23(42,43)44/h3-6H,1,7-9H2,2H3. The van der Waals surface area contributed by atoms with Gasteiger partial charge in [-0.15, -0.1) is 0 Å². The molecule has 0 amide bonds. The highest BCUT2D eigenvalue weighted by Gasteiger charge is 2.97. The molecule has 0 saturated carbocycles. The van der Waals surface area contributed by atoms with Gasteiger partial charge in [0.05, 0.1) is 0 Å². The average molecular weight is 722 g/mol. The van der Waals surface area contributed by atoms with Crippen molar-refractivity contribution in [3.05, 3.63) is 47.5 Å². The van der Waals surface area contributed by atoms with Gasteiger partial charge in [0.25, 0.3) is 0 Å². The smallest absolute Gasteiger partial charge is 0.457 e. The Morgan fingerprint density at radius 1 is 0.543 bits per heavy atom. The second-order valence-electron chi connectivity index (χ2n) is 9.47. The van der Waals surface area contributed by atoms with Crippen molar-refractivity contribution in [2.75, 3.05) is 0 Å². The van der Waals surface area contributed by atoms with Gasteiger partial charge in [-0.25, -0.2) is 4.79 Å². The Labute approximate surface area is 242 Å². The van der Waals surface area contributed by atoms with Crippen LogP contribution in [0.4, 0.5) is 92.2 Å². The number of esters is 1. The molecule has 0 fully saturated rings. The molecule has 0 aromatic heterocycles. The summed E-state index contributed by atoms with van der Waals surface area (Å²) in [7, 11) is 0. The zero-order valence-electron chi connectivity index (χ0n) is 21.9. The lowest BCUT2D eigenvalue weighted by Gasteiger charge is -2.44. The third-order valence-electron chi connectivity index (χ3n) is 6.04. The van der Waals surface area contributed by atoms with Gasteiger partial charge in [0.15, 0.2) is 0 Å². The number of hydrogen-bond acceptors (Lipinski definition) is 2. The van der Waals surface area contributed by atoms with Crippen molar-refractivity contribution in [1.82, 2.24) is 0 Å². The molecule has 0 saturated heterocycles. The molecule has 0 unspecified atom stereocenters. The quantitative estimate of drug-likeness (QED) is 0.109. The first-order chi connectivity index (χ1) is 20.0. The zero-order valence-corrected chi connectivity index (χ0v) is 21.9. The van der Waals surface area contributed by atoms with E-state index in [-0.39, 0.29) is 11.1 Å². The normalized spacial score (nSPS) is 15.2. The molecule has 1 aromatic carbocycles. The minimum atomic E-state index is -9.20. The Kier molecular flexibility index (Phi) is 10.6. The molecule has 0 aliphatic heterocycles. The first-order valence-electron chi connectivity index (χ1n) is 11.4. The Morgan fingerprint density at radius 3 is 1.17 bits per heavy atom. The molecule has 0 aliphatic rings. The Hall–Kier alpha value is -3.04. The van der Waals surface area contributed by atoms with Crippen LogP contribution >= 0.6 is 0 Å². The van der Waals surface area contributed by atoms with E-state index in [1.165, 1.54) is 6.92 Å². The molecule has 0 spiro atoms. The van der Waals surface area contributed by atoms with Crippen LogP contribution in [0.25, 0.3) is 0 Å². The zero-order chi connectivity index (χ0) is 37.0. The molecule has 0 bridgehead atoms. The number of carbonyl (C=O) groups is 1. The van der Waals surface area contributed by atoms with Crippen LogP contribution in [0.1, 0.15) is 24.5 Å². The van der Waals surface area contributed by atoms with Crippen LogP contribution in [-0.2, 0) is 22.6 Å². The van der Waals surface area contributed by atoms with Crippen LogP contribution in [0.3, 0.4) is 0 Å². The molecular formula is C23H15F21O2. The van der Waals surface area contributed by atoms with Crippen LogP contribution in [0, 0.1) is 0 Å². The second kappa shape index (κ2) is 11.9. The predicted molar refractivity (Wildman–Crippen MR) is 110 cm³/mol.